The highest BCUT2D eigenvalue weighted by Gasteiger charge is 2.15. The van der Waals surface area contributed by atoms with Gasteiger partial charge < -0.3 is 9.47 Å². The van der Waals surface area contributed by atoms with Crippen LogP contribution in [0.5, 0.6) is 11.5 Å². The first-order chi connectivity index (χ1) is 14.2. The summed E-state index contributed by atoms with van der Waals surface area (Å²) in [4.78, 5) is 0. The van der Waals surface area contributed by atoms with Crippen molar-refractivity contribution in [2.45, 2.75) is 73.6 Å². The molecule has 166 valence electrons. The van der Waals surface area contributed by atoms with Gasteiger partial charge in [0.2, 0.25) is 0 Å². The molecule has 0 radical (unpaired) electrons. The fraction of sp³-hybridized carbons (Fsp3) is 0.556. The molecule has 1 fully saturated rings. The summed E-state index contributed by atoms with van der Waals surface area (Å²) < 4.78 is 9.83. The van der Waals surface area contributed by atoms with Crippen LogP contribution in [-0.4, -0.2) is 14.2 Å². The Morgan fingerprint density at radius 3 is 1.17 bits per heavy atom. The molecule has 0 aliphatic heterocycles. The largest absolute Gasteiger partial charge is 0.497 e. The molecule has 0 bridgehead atoms. The zero-order chi connectivity index (χ0) is 22.3. The van der Waals surface area contributed by atoms with Crippen molar-refractivity contribution in [1.82, 2.24) is 0 Å². The van der Waals surface area contributed by atoms with Crippen molar-refractivity contribution < 1.29 is 9.47 Å². The van der Waals surface area contributed by atoms with Crippen LogP contribution in [0.3, 0.4) is 0 Å². The molecule has 0 N–H and O–H groups in total. The van der Waals surface area contributed by atoms with Crippen molar-refractivity contribution in [2.24, 2.45) is 11.8 Å². The predicted molar refractivity (Wildman–Crippen MR) is 130 cm³/mol. The fourth-order valence-corrected chi connectivity index (χ4v) is 2.91. The highest BCUT2D eigenvalue weighted by Crippen LogP contribution is 2.29. The second-order valence-electron chi connectivity index (χ2n) is 6.68. The summed E-state index contributed by atoms with van der Waals surface area (Å²) in [5, 5.41) is 0. The molecular formula is C27H46O2. The Labute approximate surface area is 181 Å². The van der Waals surface area contributed by atoms with Crippen molar-refractivity contribution in [3.05, 3.63) is 60.7 Å². The van der Waals surface area contributed by atoms with Crippen molar-refractivity contribution in [1.29, 1.82) is 0 Å². The Kier molecular flexibility index (Phi) is 22.5. The molecular weight excluding hydrogens is 356 g/mol. The van der Waals surface area contributed by atoms with Crippen molar-refractivity contribution in [2.75, 3.05) is 14.2 Å². The molecule has 0 unspecified atom stereocenters. The molecule has 0 amide bonds. The van der Waals surface area contributed by atoms with E-state index in [4.69, 9.17) is 9.47 Å². The standard InChI is InChI=1S/C9H18.2C7H8O.2C2H6/c1-8(2)9-6-4-3-5-7-9;2*1-8-7-5-3-2-4-6-7;2*1-2/h8-9H,3-7H2,1-2H3;2*2-6H,1H3;2*1-2H3. The average Bonchev–Trinajstić information content (AvgIpc) is 2.84. The van der Waals surface area contributed by atoms with Gasteiger partial charge in [0.1, 0.15) is 11.5 Å². The van der Waals surface area contributed by atoms with E-state index in [-0.39, 0.29) is 0 Å². The second kappa shape index (κ2) is 22.3. The van der Waals surface area contributed by atoms with Gasteiger partial charge >= 0.3 is 0 Å². The Balaban J connectivity index is 0. The Morgan fingerprint density at radius 2 is 0.966 bits per heavy atom. The fourth-order valence-electron chi connectivity index (χ4n) is 2.91. The lowest BCUT2D eigenvalue weighted by Gasteiger charge is -2.24. The maximum atomic E-state index is 4.91. The highest BCUT2D eigenvalue weighted by molar-refractivity contribution is 5.21. The van der Waals surface area contributed by atoms with E-state index in [1.807, 2.05) is 88.4 Å². The van der Waals surface area contributed by atoms with Crippen LogP contribution in [0.4, 0.5) is 0 Å². The number of ether oxygens (including phenoxy) is 2. The number of rotatable bonds is 3. The van der Waals surface area contributed by atoms with Crippen LogP contribution in [0.1, 0.15) is 73.6 Å². The minimum atomic E-state index is 0.910. The Bertz CT molecular complexity index is 477. The van der Waals surface area contributed by atoms with Gasteiger partial charge in [-0.15, -0.1) is 0 Å². The van der Waals surface area contributed by atoms with Crippen LogP contribution in [0, 0.1) is 11.8 Å². The third kappa shape index (κ3) is 16.7. The van der Waals surface area contributed by atoms with Crippen LogP contribution in [-0.2, 0) is 0 Å². The maximum absolute atomic E-state index is 4.91. The van der Waals surface area contributed by atoms with Gasteiger partial charge in [0.05, 0.1) is 14.2 Å². The summed E-state index contributed by atoms with van der Waals surface area (Å²) in [6.07, 6.45) is 7.46. The highest BCUT2D eigenvalue weighted by atomic mass is 16.5. The Morgan fingerprint density at radius 1 is 0.621 bits per heavy atom. The molecule has 1 saturated carbocycles. The molecule has 2 heteroatoms. The Hall–Kier alpha value is -1.96. The summed E-state index contributed by atoms with van der Waals surface area (Å²) in [5.74, 6) is 3.81. The lowest BCUT2D eigenvalue weighted by atomic mass is 9.82. The number of benzene rings is 2. The van der Waals surface area contributed by atoms with Crippen molar-refractivity contribution >= 4 is 0 Å². The second-order valence-corrected chi connectivity index (χ2v) is 6.68. The SMILES string of the molecule is CC.CC.CC(C)C1CCCCC1.COc1ccccc1.COc1ccccc1. The van der Waals surface area contributed by atoms with Crippen LogP contribution in [0.15, 0.2) is 60.7 Å². The van der Waals surface area contributed by atoms with Gasteiger partial charge in [-0.1, -0.05) is 110 Å². The van der Waals surface area contributed by atoms with Gasteiger partial charge in [-0.2, -0.15) is 0 Å². The number of para-hydroxylation sites is 2. The van der Waals surface area contributed by atoms with E-state index >= 15 is 0 Å². The van der Waals surface area contributed by atoms with Crippen LogP contribution in [0.2, 0.25) is 0 Å². The molecule has 29 heavy (non-hydrogen) atoms. The predicted octanol–water partition coefficient (Wildman–Crippen LogP) is 8.67. The van der Waals surface area contributed by atoms with E-state index in [0.29, 0.717) is 0 Å². The van der Waals surface area contributed by atoms with Gasteiger partial charge in [-0.3, -0.25) is 0 Å². The van der Waals surface area contributed by atoms with E-state index in [0.717, 1.165) is 23.3 Å². The maximum Gasteiger partial charge on any atom is 0.118 e. The summed E-state index contributed by atoms with van der Waals surface area (Å²) in [5.41, 5.74) is 0. The van der Waals surface area contributed by atoms with Crippen LogP contribution in [0.25, 0.3) is 0 Å². The quantitative estimate of drug-likeness (QED) is 0.511. The van der Waals surface area contributed by atoms with Gasteiger partial charge in [-0.05, 0) is 36.1 Å². The van der Waals surface area contributed by atoms with E-state index in [2.05, 4.69) is 13.8 Å². The topological polar surface area (TPSA) is 18.5 Å². The number of hydrogen-bond acceptors (Lipinski definition) is 2. The molecule has 0 aromatic heterocycles. The minimum Gasteiger partial charge on any atom is -0.497 e. The van der Waals surface area contributed by atoms with Crippen LogP contribution < -0.4 is 9.47 Å². The molecule has 0 spiro atoms. The van der Waals surface area contributed by atoms with Gasteiger partial charge in [-0.25, -0.2) is 0 Å². The van der Waals surface area contributed by atoms with Gasteiger partial charge in [0.15, 0.2) is 0 Å². The monoisotopic (exact) mass is 402 g/mol. The van der Waals surface area contributed by atoms with Crippen molar-refractivity contribution in [3.8, 4) is 11.5 Å². The summed E-state index contributed by atoms with van der Waals surface area (Å²) in [6, 6.07) is 19.4. The third-order valence-corrected chi connectivity index (χ3v) is 4.55. The molecule has 3 rings (SSSR count). The van der Waals surface area contributed by atoms with Crippen LogP contribution >= 0.6 is 0 Å². The molecule has 2 nitrogen and oxygen atoms in total. The van der Waals surface area contributed by atoms with Gasteiger partial charge in [0, 0.05) is 0 Å². The first-order valence-corrected chi connectivity index (χ1v) is 11.4. The molecule has 0 saturated heterocycles. The third-order valence-electron chi connectivity index (χ3n) is 4.55. The first-order valence-electron chi connectivity index (χ1n) is 11.4. The molecule has 1 aliphatic rings. The zero-order valence-corrected chi connectivity index (χ0v) is 20.3. The lowest BCUT2D eigenvalue weighted by Crippen LogP contribution is -2.12. The molecule has 2 aromatic carbocycles. The van der Waals surface area contributed by atoms with Gasteiger partial charge in [0.25, 0.3) is 0 Å². The average molecular weight is 403 g/mol. The first kappa shape index (κ1) is 29.2. The molecule has 2 aromatic rings. The smallest absolute Gasteiger partial charge is 0.118 e. The molecule has 0 atom stereocenters. The number of methoxy groups -OCH3 is 2. The molecule has 0 heterocycles. The normalized spacial score (nSPS) is 12.3. The summed E-state index contributed by atoms with van der Waals surface area (Å²) in [7, 11) is 3.32. The summed E-state index contributed by atoms with van der Waals surface area (Å²) >= 11 is 0. The van der Waals surface area contributed by atoms with E-state index in [1.54, 1.807) is 14.2 Å². The number of hydrogen-bond donors (Lipinski definition) is 0. The van der Waals surface area contributed by atoms with E-state index in [1.165, 1.54) is 32.1 Å². The van der Waals surface area contributed by atoms with E-state index in [9.17, 15) is 0 Å². The van der Waals surface area contributed by atoms with E-state index < -0.39 is 0 Å². The minimum absolute atomic E-state index is 0.910. The summed E-state index contributed by atoms with van der Waals surface area (Å²) in [6.45, 7) is 12.7. The van der Waals surface area contributed by atoms with Crippen molar-refractivity contribution in [3.63, 3.8) is 0 Å². The zero-order valence-electron chi connectivity index (χ0n) is 20.3. The lowest BCUT2D eigenvalue weighted by molar-refractivity contribution is 0.279. The molecule has 1 aliphatic carbocycles.